The van der Waals surface area contributed by atoms with Crippen LogP contribution < -0.4 is 0 Å². The number of hydrogen-bond acceptors (Lipinski definition) is 1. The Bertz CT molecular complexity index is 123. The molecule has 0 spiro atoms. The van der Waals surface area contributed by atoms with E-state index in [0.29, 0.717) is 0 Å². The first kappa shape index (κ1) is 8.15. The van der Waals surface area contributed by atoms with Crippen LogP contribution >= 0.6 is 0 Å². The van der Waals surface area contributed by atoms with Crippen molar-refractivity contribution in [1.82, 2.24) is 0 Å². The minimum atomic E-state index is 0.948. The Kier molecular flexibility index (Phi) is 4.79. The van der Waals surface area contributed by atoms with Gasteiger partial charge in [-0.1, -0.05) is 12.2 Å². The van der Waals surface area contributed by atoms with E-state index < -0.39 is 0 Å². The number of hydrogen-bond donors (Lipinski definition) is 1. The van der Waals surface area contributed by atoms with Gasteiger partial charge in [0.25, 0.3) is 0 Å². The molecule has 0 aliphatic rings. The molecule has 0 heterocycles. The van der Waals surface area contributed by atoms with E-state index in [1.807, 2.05) is 19.1 Å². The lowest BCUT2D eigenvalue weighted by Crippen LogP contribution is -1.80. The van der Waals surface area contributed by atoms with E-state index in [1.165, 1.54) is 6.21 Å². The predicted molar refractivity (Wildman–Crippen MR) is 42.0 cm³/mol. The molecular weight excluding hydrogens is 110 g/mol. The Balaban J connectivity index is 3.57. The Morgan fingerprint density at radius 1 is 1.67 bits per heavy atom. The fourth-order valence-corrected chi connectivity index (χ4v) is 0.569. The molecule has 0 aliphatic heterocycles. The molecule has 50 valence electrons. The monoisotopic (exact) mass is 123 g/mol. The maximum Gasteiger partial charge on any atom is 0.0206 e. The topological polar surface area (TPSA) is 23.9 Å². The van der Waals surface area contributed by atoms with Gasteiger partial charge in [0.15, 0.2) is 0 Å². The van der Waals surface area contributed by atoms with Gasteiger partial charge < -0.3 is 5.41 Å². The molecule has 0 radical (unpaired) electrons. The summed E-state index contributed by atoms with van der Waals surface area (Å²) in [7, 11) is 0. The predicted octanol–water partition coefficient (Wildman–Crippen LogP) is 2.55. The maximum absolute atomic E-state index is 6.91. The average molecular weight is 123 g/mol. The van der Waals surface area contributed by atoms with E-state index in [0.717, 1.165) is 18.4 Å². The van der Waals surface area contributed by atoms with Crippen molar-refractivity contribution in [2.45, 2.75) is 19.8 Å². The molecule has 0 saturated carbocycles. The van der Waals surface area contributed by atoms with Crippen LogP contribution in [-0.2, 0) is 0 Å². The lowest BCUT2D eigenvalue weighted by molar-refractivity contribution is 1.02. The zero-order valence-corrected chi connectivity index (χ0v) is 5.85. The number of nitrogens with one attached hydrogen (secondary N) is 1. The van der Waals surface area contributed by atoms with Gasteiger partial charge in [-0.05, 0) is 25.3 Å². The van der Waals surface area contributed by atoms with E-state index in [9.17, 15) is 0 Å². The van der Waals surface area contributed by atoms with Gasteiger partial charge in [-0.2, -0.15) is 0 Å². The molecule has 0 saturated heterocycles. The van der Waals surface area contributed by atoms with Crippen LogP contribution in [0.5, 0.6) is 0 Å². The van der Waals surface area contributed by atoms with Crippen LogP contribution in [0.15, 0.2) is 24.3 Å². The highest BCUT2D eigenvalue weighted by atomic mass is 14.3. The third-order valence-corrected chi connectivity index (χ3v) is 1.19. The fourth-order valence-electron chi connectivity index (χ4n) is 0.569. The second-order valence-corrected chi connectivity index (χ2v) is 1.84. The van der Waals surface area contributed by atoms with Gasteiger partial charge in [0.05, 0.1) is 0 Å². The fraction of sp³-hybridized carbons (Fsp3) is 0.375. The maximum atomic E-state index is 6.91. The van der Waals surface area contributed by atoms with E-state index in [2.05, 4.69) is 6.58 Å². The molecule has 0 aromatic heterocycles. The molecule has 0 atom stereocenters. The van der Waals surface area contributed by atoms with Crippen LogP contribution in [0.25, 0.3) is 0 Å². The molecular formula is C8H13N. The third-order valence-electron chi connectivity index (χ3n) is 1.19. The van der Waals surface area contributed by atoms with Crippen molar-refractivity contribution in [1.29, 1.82) is 5.41 Å². The van der Waals surface area contributed by atoms with Crippen LogP contribution in [0.4, 0.5) is 0 Å². The summed E-state index contributed by atoms with van der Waals surface area (Å²) in [5.74, 6) is 0. The molecule has 1 heteroatoms. The largest absolute Gasteiger partial charge is 0.308 e. The highest BCUT2D eigenvalue weighted by molar-refractivity contribution is 5.75. The summed E-state index contributed by atoms with van der Waals surface area (Å²) in [6, 6.07) is 0. The Morgan fingerprint density at radius 2 is 2.33 bits per heavy atom. The van der Waals surface area contributed by atoms with Gasteiger partial charge >= 0.3 is 0 Å². The molecule has 1 nitrogen and oxygen atoms in total. The van der Waals surface area contributed by atoms with Gasteiger partial charge in [0, 0.05) is 6.21 Å². The second kappa shape index (κ2) is 5.29. The summed E-state index contributed by atoms with van der Waals surface area (Å²) in [4.78, 5) is 0. The summed E-state index contributed by atoms with van der Waals surface area (Å²) in [6.45, 7) is 5.55. The van der Waals surface area contributed by atoms with Gasteiger partial charge in [-0.3, -0.25) is 0 Å². The van der Waals surface area contributed by atoms with Crippen LogP contribution in [-0.4, -0.2) is 6.21 Å². The van der Waals surface area contributed by atoms with E-state index >= 15 is 0 Å². The highest BCUT2D eigenvalue weighted by Crippen LogP contribution is 2.00. The average Bonchev–Trinajstić information content (AvgIpc) is 1.91. The summed E-state index contributed by atoms with van der Waals surface area (Å²) in [5, 5.41) is 6.91. The Labute approximate surface area is 56.6 Å². The number of rotatable bonds is 4. The molecule has 1 N–H and O–H groups in total. The second-order valence-electron chi connectivity index (χ2n) is 1.84. The van der Waals surface area contributed by atoms with Crippen LogP contribution in [0.2, 0.25) is 0 Å². The highest BCUT2D eigenvalue weighted by Gasteiger charge is 1.86. The van der Waals surface area contributed by atoms with Crippen molar-refractivity contribution in [2.24, 2.45) is 0 Å². The molecule has 0 aliphatic carbocycles. The lowest BCUT2D eigenvalue weighted by Gasteiger charge is -1.93. The SMILES string of the molecule is C=CCC/C(C=N)=C\C. The standard InChI is InChI=1S/C8H13N/c1-3-5-6-8(4-2)7-9/h3-4,7,9H,1,5-6H2,2H3/b8-4+,9-7?. The van der Waals surface area contributed by atoms with Crippen molar-refractivity contribution in [2.75, 3.05) is 0 Å². The summed E-state index contributed by atoms with van der Waals surface area (Å²) < 4.78 is 0. The first-order valence-corrected chi connectivity index (χ1v) is 3.11. The Hall–Kier alpha value is -0.850. The zero-order valence-electron chi connectivity index (χ0n) is 5.85. The molecule has 0 unspecified atom stereocenters. The van der Waals surface area contributed by atoms with Crippen LogP contribution in [0.3, 0.4) is 0 Å². The van der Waals surface area contributed by atoms with Gasteiger partial charge in [-0.25, -0.2) is 0 Å². The first-order valence-electron chi connectivity index (χ1n) is 3.11. The minimum absolute atomic E-state index is 0.948. The molecule has 0 rings (SSSR count). The van der Waals surface area contributed by atoms with Crippen molar-refractivity contribution in [3.63, 3.8) is 0 Å². The smallest absolute Gasteiger partial charge is 0.0206 e. The van der Waals surface area contributed by atoms with E-state index in [4.69, 9.17) is 5.41 Å². The molecule has 0 amide bonds. The van der Waals surface area contributed by atoms with Crippen molar-refractivity contribution < 1.29 is 0 Å². The minimum Gasteiger partial charge on any atom is -0.308 e. The van der Waals surface area contributed by atoms with Crippen molar-refractivity contribution in [3.8, 4) is 0 Å². The van der Waals surface area contributed by atoms with Crippen molar-refractivity contribution in [3.05, 3.63) is 24.3 Å². The van der Waals surface area contributed by atoms with E-state index in [-0.39, 0.29) is 0 Å². The summed E-state index contributed by atoms with van der Waals surface area (Å²) >= 11 is 0. The molecule has 0 aromatic carbocycles. The van der Waals surface area contributed by atoms with Gasteiger partial charge in [-0.15, -0.1) is 6.58 Å². The van der Waals surface area contributed by atoms with Gasteiger partial charge in [0.1, 0.15) is 0 Å². The van der Waals surface area contributed by atoms with Crippen molar-refractivity contribution >= 4 is 6.21 Å². The number of allylic oxidation sites excluding steroid dienone is 3. The normalized spacial score (nSPS) is 11.0. The molecule has 9 heavy (non-hydrogen) atoms. The summed E-state index contributed by atoms with van der Waals surface area (Å²) in [5.41, 5.74) is 1.08. The Morgan fingerprint density at radius 3 is 2.67 bits per heavy atom. The molecule has 0 fully saturated rings. The van der Waals surface area contributed by atoms with Crippen LogP contribution in [0, 0.1) is 5.41 Å². The molecule has 0 aromatic rings. The van der Waals surface area contributed by atoms with Gasteiger partial charge in [0.2, 0.25) is 0 Å². The van der Waals surface area contributed by atoms with E-state index in [1.54, 1.807) is 0 Å². The zero-order chi connectivity index (χ0) is 7.11. The first-order chi connectivity index (χ1) is 4.35. The summed E-state index contributed by atoms with van der Waals surface area (Å²) in [6.07, 6.45) is 7.13. The van der Waals surface area contributed by atoms with Crippen LogP contribution in [0.1, 0.15) is 19.8 Å². The quantitative estimate of drug-likeness (QED) is 0.439. The molecule has 0 bridgehead atoms. The third kappa shape index (κ3) is 3.71. The lowest BCUT2D eigenvalue weighted by atomic mass is 10.1.